The third kappa shape index (κ3) is 3.04. The Labute approximate surface area is 82.7 Å². The van der Waals surface area contributed by atoms with Crippen molar-refractivity contribution in [3.05, 3.63) is 0 Å². The first-order chi connectivity index (χ1) is 6.15. The van der Waals surface area contributed by atoms with Gasteiger partial charge in [0.15, 0.2) is 0 Å². The highest BCUT2D eigenvalue weighted by Gasteiger charge is 2.29. The van der Waals surface area contributed by atoms with Crippen LogP contribution in [0.25, 0.3) is 0 Å². The molecule has 1 aliphatic rings. The van der Waals surface area contributed by atoms with Crippen LogP contribution in [0.15, 0.2) is 0 Å². The van der Waals surface area contributed by atoms with Crippen molar-refractivity contribution in [3.63, 3.8) is 0 Å². The molecule has 0 aliphatic carbocycles. The van der Waals surface area contributed by atoms with Crippen LogP contribution in [-0.4, -0.2) is 41.0 Å². The molecule has 1 saturated heterocycles. The Morgan fingerprint density at radius 3 is 2.85 bits per heavy atom. The zero-order chi connectivity index (χ0) is 9.84. The van der Waals surface area contributed by atoms with E-state index >= 15 is 0 Å². The van der Waals surface area contributed by atoms with Gasteiger partial charge in [-0.15, -0.1) is 0 Å². The minimum absolute atomic E-state index is 0.171. The molecular formula is C9H19NO2S. The van der Waals surface area contributed by atoms with Crippen LogP contribution < -0.4 is 5.32 Å². The average molecular weight is 205 g/mol. The van der Waals surface area contributed by atoms with Gasteiger partial charge in [-0.2, -0.15) is 0 Å². The molecule has 3 nitrogen and oxygen atoms in total. The number of hydrogen-bond acceptors (Lipinski definition) is 3. The van der Waals surface area contributed by atoms with Crippen LogP contribution in [0.5, 0.6) is 0 Å². The third-order valence-electron chi connectivity index (χ3n) is 2.55. The number of hydrogen-bond donors (Lipinski definition) is 1. The highest BCUT2D eigenvalue weighted by Crippen LogP contribution is 2.19. The largest absolute Gasteiger partial charge is 0.377 e. The van der Waals surface area contributed by atoms with E-state index in [1.54, 1.807) is 0 Å². The van der Waals surface area contributed by atoms with E-state index in [0.29, 0.717) is 6.04 Å². The fraction of sp³-hybridized carbons (Fsp3) is 1.00. The van der Waals surface area contributed by atoms with Gasteiger partial charge in [-0.3, -0.25) is 4.21 Å². The number of ether oxygens (including phenoxy) is 1. The fourth-order valence-corrected chi connectivity index (χ4v) is 3.28. The Morgan fingerprint density at radius 1 is 1.69 bits per heavy atom. The molecule has 0 bridgehead atoms. The number of nitrogens with one attached hydrogen (secondary N) is 1. The molecule has 0 amide bonds. The van der Waals surface area contributed by atoms with Gasteiger partial charge in [0.25, 0.3) is 0 Å². The molecule has 1 fully saturated rings. The maximum atomic E-state index is 11.8. The summed E-state index contributed by atoms with van der Waals surface area (Å²) in [5.41, 5.74) is 0. The van der Waals surface area contributed by atoms with Gasteiger partial charge in [0, 0.05) is 29.2 Å². The second-order valence-corrected chi connectivity index (χ2v) is 5.34. The molecule has 0 aromatic rings. The van der Waals surface area contributed by atoms with Gasteiger partial charge in [0.2, 0.25) is 0 Å². The van der Waals surface area contributed by atoms with Gasteiger partial charge in [0.05, 0.1) is 11.4 Å². The molecule has 13 heavy (non-hydrogen) atoms. The topological polar surface area (TPSA) is 38.3 Å². The Balaban J connectivity index is 2.38. The molecule has 4 heteroatoms. The van der Waals surface area contributed by atoms with E-state index in [4.69, 9.17) is 4.74 Å². The van der Waals surface area contributed by atoms with Crippen LogP contribution in [-0.2, 0) is 15.5 Å². The van der Waals surface area contributed by atoms with Crippen molar-refractivity contribution in [2.24, 2.45) is 0 Å². The van der Waals surface area contributed by atoms with Crippen molar-refractivity contribution in [1.29, 1.82) is 0 Å². The molecule has 4 atom stereocenters. The van der Waals surface area contributed by atoms with Crippen molar-refractivity contribution in [1.82, 2.24) is 5.32 Å². The minimum Gasteiger partial charge on any atom is -0.377 e. The zero-order valence-corrected chi connectivity index (χ0v) is 9.39. The van der Waals surface area contributed by atoms with Gasteiger partial charge in [-0.1, -0.05) is 0 Å². The first-order valence-electron chi connectivity index (χ1n) is 4.81. The molecule has 0 saturated carbocycles. The zero-order valence-electron chi connectivity index (χ0n) is 8.58. The van der Waals surface area contributed by atoms with Gasteiger partial charge in [-0.25, -0.2) is 0 Å². The molecule has 0 radical (unpaired) electrons. The molecule has 0 spiro atoms. The predicted octanol–water partition coefficient (Wildman–Crippen LogP) is 0.520. The van der Waals surface area contributed by atoms with Crippen LogP contribution >= 0.6 is 0 Å². The lowest BCUT2D eigenvalue weighted by Gasteiger charge is -2.16. The quantitative estimate of drug-likeness (QED) is 0.727. The van der Waals surface area contributed by atoms with Crippen LogP contribution in [0.2, 0.25) is 0 Å². The monoisotopic (exact) mass is 205 g/mol. The molecule has 1 rings (SSSR count). The summed E-state index contributed by atoms with van der Waals surface area (Å²) in [6.45, 7) is 4.84. The molecule has 1 N–H and O–H groups in total. The van der Waals surface area contributed by atoms with E-state index < -0.39 is 10.8 Å². The van der Waals surface area contributed by atoms with Crippen LogP contribution in [0.1, 0.15) is 20.3 Å². The molecule has 1 aliphatic heterocycles. The Hall–Kier alpha value is 0.0700. The Bertz CT molecular complexity index is 186. The van der Waals surface area contributed by atoms with Crippen LogP contribution in [0, 0.1) is 0 Å². The molecule has 78 valence electrons. The highest BCUT2D eigenvalue weighted by atomic mass is 32.2. The first-order valence-corrected chi connectivity index (χ1v) is 6.19. The van der Waals surface area contributed by atoms with Crippen molar-refractivity contribution in [3.8, 4) is 0 Å². The van der Waals surface area contributed by atoms with Gasteiger partial charge in [-0.05, 0) is 27.3 Å². The van der Waals surface area contributed by atoms with Crippen molar-refractivity contribution < 1.29 is 8.95 Å². The number of rotatable bonds is 4. The molecule has 0 aromatic carbocycles. The van der Waals surface area contributed by atoms with E-state index in [1.165, 1.54) is 0 Å². The van der Waals surface area contributed by atoms with E-state index in [1.807, 2.05) is 14.0 Å². The summed E-state index contributed by atoms with van der Waals surface area (Å²) in [7, 11) is 1.16. The summed E-state index contributed by atoms with van der Waals surface area (Å²) in [5.74, 6) is 0.731. The maximum absolute atomic E-state index is 11.8. The van der Waals surface area contributed by atoms with Crippen molar-refractivity contribution >= 4 is 10.8 Å². The van der Waals surface area contributed by atoms with Gasteiger partial charge in [0.1, 0.15) is 0 Å². The highest BCUT2D eigenvalue weighted by molar-refractivity contribution is 7.85. The summed E-state index contributed by atoms with van der Waals surface area (Å²) in [4.78, 5) is 0. The van der Waals surface area contributed by atoms with Crippen LogP contribution in [0.4, 0.5) is 0 Å². The fourth-order valence-electron chi connectivity index (χ4n) is 1.51. The summed E-state index contributed by atoms with van der Waals surface area (Å²) in [6, 6.07) is 0.327. The summed E-state index contributed by atoms with van der Waals surface area (Å²) < 4.78 is 17.2. The van der Waals surface area contributed by atoms with Gasteiger partial charge >= 0.3 is 0 Å². The summed E-state index contributed by atoms with van der Waals surface area (Å²) in [5, 5.41) is 3.35. The molecule has 1 heterocycles. The Kier molecular flexibility index (Phi) is 4.35. The van der Waals surface area contributed by atoms with E-state index in [2.05, 4.69) is 12.2 Å². The molecule has 4 unspecified atom stereocenters. The van der Waals surface area contributed by atoms with Crippen LogP contribution in [0.3, 0.4) is 0 Å². The van der Waals surface area contributed by atoms with E-state index in [9.17, 15) is 4.21 Å². The van der Waals surface area contributed by atoms with Crippen molar-refractivity contribution in [2.45, 2.75) is 37.7 Å². The van der Waals surface area contributed by atoms with E-state index in [-0.39, 0.29) is 11.4 Å². The second kappa shape index (κ2) is 5.08. The Morgan fingerprint density at radius 2 is 2.38 bits per heavy atom. The van der Waals surface area contributed by atoms with Gasteiger partial charge < -0.3 is 10.1 Å². The predicted molar refractivity (Wildman–Crippen MR) is 55.4 cm³/mol. The average Bonchev–Trinajstić information content (AvgIpc) is 2.51. The standard InChI is InChI=1S/C9H19NO2S/c1-7(10-3)6-13(11)9-4-5-12-8(9)2/h7-10H,4-6H2,1-3H3. The lowest BCUT2D eigenvalue weighted by Crippen LogP contribution is -2.33. The normalized spacial score (nSPS) is 33.2. The lowest BCUT2D eigenvalue weighted by atomic mass is 10.3. The smallest absolute Gasteiger partial charge is 0.0691 e. The summed E-state index contributed by atoms with van der Waals surface area (Å²) >= 11 is 0. The first kappa shape index (κ1) is 11.1. The summed E-state index contributed by atoms with van der Waals surface area (Å²) in [6.07, 6.45) is 1.12. The van der Waals surface area contributed by atoms with Crippen molar-refractivity contribution in [2.75, 3.05) is 19.4 Å². The van der Waals surface area contributed by atoms with E-state index in [0.717, 1.165) is 18.8 Å². The SMILES string of the molecule is CNC(C)CS(=O)C1CCOC1C. The third-order valence-corrected chi connectivity index (χ3v) is 4.67. The lowest BCUT2D eigenvalue weighted by molar-refractivity contribution is 0.127. The minimum atomic E-state index is -0.743. The molecule has 0 aromatic heterocycles. The second-order valence-electron chi connectivity index (χ2n) is 3.64. The maximum Gasteiger partial charge on any atom is 0.0691 e. The molecular weight excluding hydrogens is 186 g/mol.